The molecule has 24 heavy (non-hydrogen) atoms. The second-order valence-electron chi connectivity index (χ2n) is 5.88. The molecule has 1 saturated carbocycles. The van der Waals surface area contributed by atoms with Crippen LogP contribution < -0.4 is 5.32 Å². The number of thiazole rings is 1. The maximum absolute atomic E-state index is 12.9. The second kappa shape index (κ2) is 6.17. The first-order valence-electron chi connectivity index (χ1n) is 7.82. The molecule has 0 radical (unpaired) electrons. The van der Waals surface area contributed by atoms with Gasteiger partial charge < -0.3 is 5.32 Å². The number of aromatic nitrogens is 1. The number of rotatable bonds is 4. The first kappa shape index (κ1) is 15.0. The molecule has 0 spiro atoms. The Balaban J connectivity index is 1.47. The number of benzene rings is 2. The van der Waals surface area contributed by atoms with Gasteiger partial charge in [-0.2, -0.15) is 0 Å². The molecular formula is C19H15FN2OS. The minimum absolute atomic E-state index is 0.217. The zero-order chi connectivity index (χ0) is 16.5. The molecule has 0 bridgehead atoms. The molecule has 0 saturated heterocycles. The highest BCUT2D eigenvalue weighted by Gasteiger charge is 2.26. The van der Waals surface area contributed by atoms with Gasteiger partial charge in [0.2, 0.25) is 0 Å². The number of carbonyl (C=O) groups excluding carboxylic acids is 1. The van der Waals surface area contributed by atoms with Crippen molar-refractivity contribution >= 4 is 22.9 Å². The molecule has 0 aliphatic heterocycles. The Morgan fingerprint density at radius 2 is 1.79 bits per heavy atom. The van der Waals surface area contributed by atoms with Crippen LogP contribution in [0, 0.1) is 5.82 Å². The topological polar surface area (TPSA) is 42.0 Å². The van der Waals surface area contributed by atoms with Crippen molar-refractivity contribution < 1.29 is 9.18 Å². The molecule has 3 nitrogen and oxygen atoms in total. The molecule has 1 heterocycles. The smallest absolute Gasteiger partial charge is 0.255 e. The van der Waals surface area contributed by atoms with Gasteiger partial charge in [-0.15, -0.1) is 11.3 Å². The molecule has 1 N–H and O–H groups in total. The average molecular weight is 338 g/mol. The molecule has 0 atom stereocenters. The molecule has 5 heteroatoms. The Hall–Kier alpha value is -2.53. The summed E-state index contributed by atoms with van der Waals surface area (Å²) >= 11 is 1.71. The van der Waals surface area contributed by atoms with Crippen molar-refractivity contribution in [2.75, 3.05) is 5.32 Å². The fourth-order valence-electron chi connectivity index (χ4n) is 2.47. The molecule has 1 aromatic heterocycles. The fourth-order valence-corrected chi connectivity index (χ4v) is 3.47. The lowest BCUT2D eigenvalue weighted by Crippen LogP contribution is -2.11. The van der Waals surface area contributed by atoms with Gasteiger partial charge in [-0.05, 0) is 49.2 Å². The van der Waals surface area contributed by atoms with Crippen molar-refractivity contribution in [2.24, 2.45) is 0 Å². The number of carbonyl (C=O) groups is 1. The summed E-state index contributed by atoms with van der Waals surface area (Å²) in [5, 5.41) is 6.03. The van der Waals surface area contributed by atoms with Crippen molar-refractivity contribution in [3.63, 3.8) is 0 Å². The lowest BCUT2D eigenvalue weighted by atomic mass is 10.1. The summed E-state index contributed by atoms with van der Waals surface area (Å²) in [5.74, 6) is 0.112. The predicted molar refractivity (Wildman–Crippen MR) is 93.9 cm³/mol. The number of nitrogens with zero attached hydrogens (tertiary/aromatic N) is 1. The van der Waals surface area contributed by atoms with E-state index < -0.39 is 0 Å². The summed E-state index contributed by atoms with van der Waals surface area (Å²) in [6.45, 7) is 0. The number of hydrogen-bond donors (Lipinski definition) is 1. The number of halogens is 1. The Bertz CT molecular complexity index is 867. The maximum Gasteiger partial charge on any atom is 0.255 e. The van der Waals surface area contributed by atoms with Gasteiger partial charge in [-0.25, -0.2) is 9.37 Å². The Kier molecular flexibility index (Phi) is 3.86. The number of amides is 1. The van der Waals surface area contributed by atoms with Crippen LogP contribution in [0.3, 0.4) is 0 Å². The van der Waals surface area contributed by atoms with Crippen molar-refractivity contribution in [3.8, 4) is 11.3 Å². The largest absolute Gasteiger partial charge is 0.322 e. The lowest BCUT2D eigenvalue weighted by Gasteiger charge is -2.06. The lowest BCUT2D eigenvalue weighted by molar-refractivity contribution is 0.102. The zero-order valence-electron chi connectivity index (χ0n) is 12.8. The summed E-state index contributed by atoms with van der Waals surface area (Å²) in [6, 6.07) is 13.1. The standard InChI is InChI=1S/C19H15FN2OS/c20-15-7-9-16(10-8-15)21-18(23)13-3-1-12(2-4-13)17-11-24-19(22-17)14-5-6-14/h1-4,7-11,14H,5-6H2,(H,21,23). The van der Waals surface area contributed by atoms with Crippen LogP contribution in [0.2, 0.25) is 0 Å². The minimum atomic E-state index is -0.328. The third-order valence-electron chi connectivity index (χ3n) is 3.99. The third-order valence-corrected chi connectivity index (χ3v) is 5.00. The number of hydrogen-bond acceptors (Lipinski definition) is 3. The van der Waals surface area contributed by atoms with E-state index >= 15 is 0 Å². The quantitative estimate of drug-likeness (QED) is 0.721. The summed E-state index contributed by atoms with van der Waals surface area (Å²) < 4.78 is 12.9. The fraction of sp³-hybridized carbons (Fsp3) is 0.158. The van der Waals surface area contributed by atoms with Gasteiger partial charge in [0.25, 0.3) is 5.91 Å². The van der Waals surface area contributed by atoms with E-state index in [2.05, 4.69) is 15.7 Å². The minimum Gasteiger partial charge on any atom is -0.322 e. The van der Waals surface area contributed by atoms with Crippen LogP contribution in [0.25, 0.3) is 11.3 Å². The molecule has 4 rings (SSSR count). The van der Waals surface area contributed by atoms with E-state index in [1.807, 2.05) is 12.1 Å². The summed E-state index contributed by atoms with van der Waals surface area (Å²) in [6.07, 6.45) is 2.49. The van der Waals surface area contributed by atoms with Crippen molar-refractivity contribution in [1.29, 1.82) is 0 Å². The normalized spacial score (nSPS) is 13.7. The molecular weight excluding hydrogens is 323 g/mol. The van der Waals surface area contributed by atoms with E-state index in [0.29, 0.717) is 17.2 Å². The Morgan fingerprint density at radius 1 is 1.08 bits per heavy atom. The van der Waals surface area contributed by atoms with Crippen LogP contribution in [0.5, 0.6) is 0 Å². The van der Waals surface area contributed by atoms with Gasteiger partial charge in [0.15, 0.2) is 0 Å². The SMILES string of the molecule is O=C(Nc1ccc(F)cc1)c1ccc(-c2csc(C3CC3)n2)cc1. The van der Waals surface area contributed by atoms with Crippen molar-refractivity contribution in [1.82, 2.24) is 4.98 Å². The van der Waals surface area contributed by atoms with Gasteiger partial charge in [0.1, 0.15) is 5.82 Å². The van der Waals surface area contributed by atoms with Crippen LogP contribution in [-0.4, -0.2) is 10.9 Å². The third kappa shape index (κ3) is 3.21. The molecule has 0 unspecified atom stereocenters. The van der Waals surface area contributed by atoms with Gasteiger partial charge in [0.05, 0.1) is 10.7 Å². The molecule has 120 valence electrons. The first-order valence-corrected chi connectivity index (χ1v) is 8.70. The van der Waals surface area contributed by atoms with E-state index in [-0.39, 0.29) is 11.7 Å². The van der Waals surface area contributed by atoms with E-state index in [9.17, 15) is 9.18 Å². The Morgan fingerprint density at radius 3 is 2.46 bits per heavy atom. The molecule has 1 aliphatic carbocycles. The van der Waals surface area contributed by atoms with Crippen LogP contribution >= 0.6 is 11.3 Å². The van der Waals surface area contributed by atoms with E-state index in [4.69, 9.17) is 0 Å². The molecule has 2 aromatic carbocycles. The maximum atomic E-state index is 12.9. The summed E-state index contributed by atoms with van der Waals surface area (Å²) in [4.78, 5) is 16.9. The second-order valence-corrected chi connectivity index (χ2v) is 6.77. The Labute approximate surface area is 143 Å². The molecule has 1 fully saturated rings. The summed E-state index contributed by atoms with van der Waals surface area (Å²) in [7, 11) is 0. The number of nitrogens with one attached hydrogen (secondary N) is 1. The van der Waals surface area contributed by atoms with Gasteiger partial charge in [-0.3, -0.25) is 4.79 Å². The van der Waals surface area contributed by atoms with Gasteiger partial charge in [-0.1, -0.05) is 12.1 Å². The summed E-state index contributed by atoms with van der Waals surface area (Å²) in [5.41, 5.74) is 3.10. The average Bonchev–Trinajstić information content (AvgIpc) is 3.34. The highest BCUT2D eigenvalue weighted by molar-refractivity contribution is 7.10. The van der Waals surface area contributed by atoms with Crippen molar-refractivity contribution in [2.45, 2.75) is 18.8 Å². The molecule has 1 amide bonds. The van der Waals surface area contributed by atoms with Crippen LogP contribution in [0.4, 0.5) is 10.1 Å². The monoisotopic (exact) mass is 338 g/mol. The van der Waals surface area contributed by atoms with Crippen LogP contribution in [0.1, 0.15) is 34.1 Å². The van der Waals surface area contributed by atoms with Gasteiger partial charge >= 0.3 is 0 Å². The van der Waals surface area contributed by atoms with Crippen LogP contribution in [0.15, 0.2) is 53.9 Å². The van der Waals surface area contributed by atoms with E-state index in [1.165, 1.54) is 42.1 Å². The predicted octanol–water partition coefficient (Wildman–Crippen LogP) is 5.08. The van der Waals surface area contributed by atoms with E-state index in [1.54, 1.807) is 23.5 Å². The van der Waals surface area contributed by atoms with Gasteiger partial charge in [0, 0.05) is 28.1 Å². The number of anilines is 1. The highest BCUT2D eigenvalue weighted by atomic mass is 32.1. The van der Waals surface area contributed by atoms with Crippen LogP contribution in [-0.2, 0) is 0 Å². The zero-order valence-corrected chi connectivity index (χ0v) is 13.6. The highest BCUT2D eigenvalue weighted by Crippen LogP contribution is 2.42. The van der Waals surface area contributed by atoms with E-state index in [0.717, 1.165) is 11.3 Å². The molecule has 1 aliphatic rings. The molecule has 3 aromatic rings. The van der Waals surface area contributed by atoms with Crippen molar-refractivity contribution in [3.05, 3.63) is 70.3 Å². The first-order chi connectivity index (χ1) is 11.7.